The van der Waals surface area contributed by atoms with Gasteiger partial charge >= 0.3 is 5.97 Å². The summed E-state index contributed by atoms with van der Waals surface area (Å²) in [5.41, 5.74) is 2.40. The molecule has 1 saturated heterocycles. The summed E-state index contributed by atoms with van der Waals surface area (Å²) in [6.07, 6.45) is 4.12. The molecule has 0 bridgehead atoms. The number of ether oxygens (including phenoxy) is 1. The van der Waals surface area contributed by atoms with Crippen LogP contribution in [0.5, 0.6) is 0 Å². The lowest BCUT2D eigenvalue weighted by Gasteiger charge is -2.33. The first-order chi connectivity index (χ1) is 18.9. The topological polar surface area (TPSA) is 127 Å². The van der Waals surface area contributed by atoms with Gasteiger partial charge in [-0.2, -0.15) is 0 Å². The van der Waals surface area contributed by atoms with E-state index in [9.17, 15) is 19.5 Å². The molecule has 2 heterocycles. The molecule has 10 nitrogen and oxygen atoms in total. The van der Waals surface area contributed by atoms with Gasteiger partial charge in [0.1, 0.15) is 18.2 Å². The minimum Gasteiger partial charge on any atom is -0.466 e. The molecule has 1 aliphatic heterocycles. The third-order valence-corrected chi connectivity index (χ3v) is 7.78. The first-order valence-electron chi connectivity index (χ1n) is 13.3. The number of carbonyl (C=O) groups is 3. The third-order valence-electron chi connectivity index (χ3n) is 7.78. The molecule has 6 atom stereocenters. The first-order valence-corrected chi connectivity index (χ1v) is 13.3. The number of amides is 2. The fourth-order valence-corrected chi connectivity index (χ4v) is 5.96. The van der Waals surface area contributed by atoms with Crippen LogP contribution in [0.1, 0.15) is 19.4 Å². The summed E-state index contributed by atoms with van der Waals surface area (Å²) in [4.78, 5) is 42.4. The number of aliphatic hydroxyl groups excluding tert-OH is 1. The minimum absolute atomic E-state index is 0.0547. The molecular formula is C29H33N5O5. The van der Waals surface area contributed by atoms with Crippen LogP contribution in [0.3, 0.4) is 0 Å². The molecule has 204 valence electrons. The Morgan fingerprint density at radius 1 is 1.10 bits per heavy atom. The van der Waals surface area contributed by atoms with E-state index in [0.29, 0.717) is 11.9 Å². The van der Waals surface area contributed by atoms with Crippen LogP contribution in [0.4, 0.5) is 0 Å². The van der Waals surface area contributed by atoms with E-state index in [1.807, 2.05) is 73.7 Å². The summed E-state index contributed by atoms with van der Waals surface area (Å²) in [5, 5.41) is 21.6. The summed E-state index contributed by atoms with van der Waals surface area (Å²) in [7, 11) is 0. The minimum atomic E-state index is -0.918. The maximum absolute atomic E-state index is 14.1. The molecule has 2 aliphatic rings. The van der Waals surface area contributed by atoms with Gasteiger partial charge in [0, 0.05) is 5.92 Å². The van der Waals surface area contributed by atoms with Gasteiger partial charge in [-0.1, -0.05) is 66.8 Å². The third kappa shape index (κ3) is 5.04. The van der Waals surface area contributed by atoms with E-state index in [4.69, 9.17) is 4.74 Å². The average molecular weight is 532 g/mol. The van der Waals surface area contributed by atoms with E-state index in [0.717, 1.165) is 11.1 Å². The van der Waals surface area contributed by atoms with Crippen LogP contribution >= 0.6 is 0 Å². The number of nitrogens with one attached hydrogen (secondary N) is 1. The summed E-state index contributed by atoms with van der Waals surface area (Å²) in [6, 6.07) is 15.4. The van der Waals surface area contributed by atoms with Gasteiger partial charge < -0.3 is 20.1 Å². The maximum atomic E-state index is 14.1. The molecule has 5 rings (SSSR count). The van der Waals surface area contributed by atoms with Crippen LogP contribution in [0.25, 0.3) is 11.0 Å². The Morgan fingerprint density at radius 3 is 2.59 bits per heavy atom. The average Bonchev–Trinajstić information content (AvgIpc) is 3.49. The van der Waals surface area contributed by atoms with Gasteiger partial charge in [-0.25, -0.2) is 4.68 Å². The van der Waals surface area contributed by atoms with Gasteiger partial charge in [0.15, 0.2) is 0 Å². The predicted molar refractivity (Wildman–Crippen MR) is 143 cm³/mol. The van der Waals surface area contributed by atoms with E-state index in [1.165, 1.54) is 4.90 Å². The second-order valence-electron chi connectivity index (χ2n) is 10.1. The number of benzene rings is 2. The number of aromatic nitrogens is 3. The highest BCUT2D eigenvalue weighted by molar-refractivity contribution is 5.96. The fraction of sp³-hybridized carbons (Fsp3) is 0.414. The van der Waals surface area contributed by atoms with Crippen molar-refractivity contribution in [2.24, 2.45) is 23.7 Å². The van der Waals surface area contributed by atoms with Crippen molar-refractivity contribution in [2.75, 3.05) is 13.2 Å². The van der Waals surface area contributed by atoms with E-state index < -0.39 is 35.8 Å². The first kappa shape index (κ1) is 26.6. The molecular weight excluding hydrogens is 498 g/mol. The van der Waals surface area contributed by atoms with Crippen LogP contribution in [0, 0.1) is 23.7 Å². The van der Waals surface area contributed by atoms with Crippen molar-refractivity contribution in [2.45, 2.75) is 39.0 Å². The molecule has 0 saturated carbocycles. The van der Waals surface area contributed by atoms with Crippen LogP contribution in [-0.2, 0) is 32.2 Å². The van der Waals surface area contributed by atoms with Gasteiger partial charge in [0.2, 0.25) is 11.8 Å². The molecule has 39 heavy (non-hydrogen) atoms. The monoisotopic (exact) mass is 531 g/mol. The van der Waals surface area contributed by atoms with Crippen molar-refractivity contribution in [1.82, 2.24) is 25.2 Å². The molecule has 1 fully saturated rings. The normalized spacial score (nSPS) is 24.9. The van der Waals surface area contributed by atoms with Crippen LogP contribution in [0.15, 0.2) is 66.7 Å². The Labute approximate surface area is 226 Å². The van der Waals surface area contributed by atoms with Crippen molar-refractivity contribution >= 4 is 28.8 Å². The van der Waals surface area contributed by atoms with Gasteiger partial charge in [0.05, 0.1) is 36.6 Å². The zero-order chi connectivity index (χ0) is 27.5. The highest BCUT2D eigenvalue weighted by atomic mass is 16.5. The van der Waals surface area contributed by atoms with Crippen LogP contribution in [0.2, 0.25) is 0 Å². The molecule has 0 radical (unpaired) electrons. The van der Waals surface area contributed by atoms with E-state index in [-0.39, 0.29) is 37.6 Å². The van der Waals surface area contributed by atoms with Crippen LogP contribution < -0.4 is 5.32 Å². The number of carbonyl (C=O) groups excluding carboxylic acids is 3. The van der Waals surface area contributed by atoms with Crippen molar-refractivity contribution < 1.29 is 24.2 Å². The number of para-hydroxylation sites is 1. The number of esters is 1. The summed E-state index contributed by atoms with van der Waals surface area (Å²) in [6.45, 7) is 3.53. The molecule has 0 unspecified atom stereocenters. The SMILES string of the molecule is CCOC(=O)[C@H]1[C@H]2C(=O)N([C@@H](CO)Cc3ccccc3)[C@H](C(=O)NCn3nnc4ccccc43)[C@H]2C=C[C@H]1C. The Bertz CT molecular complexity index is 1370. The van der Waals surface area contributed by atoms with Gasteiger partial charge in [-0.05, 0) is 37.0 Å². The Kier molecular flexibility index (Phi) is 7.74. The lowest BCUT2D eigenvalue weighted by Crippen LogP contribution is -2.53. The maximum Gasteiger partial charge on any atom is 0.310 e. The van der Waals surface area contributed by atoms with E-state index in [1.54, 1.807) is 11.6 Å². The Morgan fingerprint density at radius 2 is 1.85 bits per heavy atom. The van der Waals surface area contributed by atoms with Gasteiger partial charge in [0.25, 0.3) is 0 Å². The van der Waals surface area contributed by atoms with Crippen molar-refractivity contribution in [1.29, 1.82) is 0 Å². The molecule has 2 amide bonds. The number of aliphatic hydroxyl groups is 1. The predicted octanol–water partition coefficient (Wildman–Crippen LogP) is 1.94. The second kappa shape index (κ2) is 11.4. The van der Waals surface area contributed by atoms with Crippen molar-refractivity contribution in [3.63, 3.8) is 0 Å². The molecule has 1 aliphatic carbocycles. The van der Waals surface area contributed by atoms with E-state index >= 15 is 0 Å². The molecule has 2 aromatic carbocycles. The number of likely N-dealkylation sites (tertiary alicyclic amines) is 1. The van der Waals surface area contributed by atoms with Gasteiger partial charge in [-0.15, -0.1) is 5.10 Å². The number of nitrogens with zero attached hydrogens (tertiary/aromatic N) is 4. The molecule has 1 aromatic heterocycles. The van der Waals surface area contributed by atoms with Crippen LogP contribution in [-0.4, -0.2) is 68.1 Å². The number of fused-ring (bicyclic) bond motifs is 2. The lowest BCUT2D eigenvalue weighted by molar-refractivity contribution is -0.155. The zero-order valence-electron chi connectivity index (χ0n) is 22.0. The summed E-state index contributed by atoms with van der Waals surface area (Å²) < 4.78 is 6.93. The Balaban J connectivity index is 1.47. The van der Waals surface area contributed by atoms with Crippen molar-refractivity contribution in [3.8, 4) is 0 Å². The standard InChI is InChI=1S/C29H33N5O5/c1-3-39-29(38)24-18(2)13-14-21-25(24)28(37)34(20(16-35)15-19-9-5-4-6-10-19)26(21)27(36)30-17-33-23-12-8-7-11-22(23)31-32-33/h4-14,18,20-21,24-26,35H,3,15-17H2,1-2H3,(H,30,36)/t18-,20-,21+,24-,25+,26+/m1/s1. The van der Waals surface area contributed by atoms with Crippen molar-refractivity contribution in [3.05, 3.63) is 72.3 Å². The molecule has 2 N–H and O–H groups in total. The molecule has 0 spiro atoms. The quantitative estimate of drug-likeness (QED) is 0.319. The smallest absolute Gasteiger partial charge is 0.310 e. The summed E-state index contributed by atoms with van der Waals surface area (Å²) >= 11 is 0. The second-order valence-corrected chi connectivity index (χ2v) is 10.1. The fourth-order valence-electron chi connectivity index (χ4n) is 5.96. The molecule has 3 aromatic rings. The number of allylic oxidation sites excluding steroid dienone is 1. The molecule has 10 heteroatoms. The largest absolute Gasteiger partial charge is 0.466 e. The highest BCUT2D eigenvalue weighted by Gasteiger charge is 2.58. The van der Waals surface area contributed by atoms with Gasteiger partial charge in [-0.3, -0.25) is 14.4 Å². The summed E-state index contributed by atoms with van der Waals surface area (Å²) in [5.74, 6) is -3.43. The highest BCUT2D eigenvalue weighted by Crippen LogP contribution is 2.45. The number of hydrogen-bond donors (Lipinski definition) is 2. The lowest BCUT2D eigenvalue weighted by atomic mass is 9.70. The number of hydrogen-bond acceptors (Lipinski definition) is 7. The van der Waals surface area contributed by atoms with E-state index in [2.05, 4.69) is 15.6 Å². The number of rotatable bonds is 9. The Hall–Kier alpha value is -4.05. The zero-order valence-corrected chi connectivity index (χ0v) is 22.0.